The Balaban J connectivity index is 1.61. The zero-order valence-electron chi connectivity index (χ0n) is 25.4. The van der Waals surface area contributed by atoms with Gasteiger partial charge in [-0.1, -0.05) is 6.08 Å². The quantitative estimate of drug-likeness (QED) is 0.305. The van der Waals surface area contributed by atoms with Gasteiger partial charge in [0.15, 0.2) is 0 Å². The largest absolute Gasteiger partial charge is 0.496 e. The van der Waals surface area contributed by atoms with E-state index < -0.39 is 0 Å². The highest BCUT2D eigenvalue weighted by molar-refractivity contribution is 5.98. The number of fused-ring (bicyclic) bond motifs is 1. The fourth-order valence-electron chi connectivity index (χ4n) is 5.80. The molecule has 0 saturated carbocycles. The number of carbonyl (C=O) groups is 1. The van der Waals surface area contributed by atoms with Gasteiger partial charge in [-0.2, -0.15) is 0 Å². The molecule has 9 heteroatoms. The minimum absolute atomic E-state index is 0.0523. The summed E-state index contributed by atoms with van der Waals surface area (Å²) in [6.07, 6.45) is 9.65. The summed E-state index contributed by atoms with van der Waals surface area (Å²) in [5, 5.41) is 2.98. The van der Waals surface area contributed by atoms with Gasteiger partial charge in [0.1, 0.15) is 11.6 Å². The van der Waals surface area contributed by atoms with E-state index in [1.54, 1.807) is 13.0 Å². The zero-order chi connectivity index (χ0) is 30.0. The van der Waals surface area contributed by atoms with E-state index >= 15 is 0 Å². The van der Waals surface area contributed by atoms with Crippen molar-refractivity contribution in [3.63, 3.8) is 0 Å². The van der Waals surface area contributed by atoms with Crippen molar-refractivity contribution in [2.45, 2.75) is 46.6 Å². The third-order valence-corrected chi connectivity index (χ3v) is 8.01. The molecule has 1 saturated heterocycles. The molecule has 1 aliphatic heterocycles. The van der Waals surface area contributed by atoms with Gasteiger partial charge in [0, 0.05) is 61.9 Å². The Morgan fingerprint density at radius 3 is 2.57 bits per heavy atom. The predicted octanol–water partition coefficient (Wildman–Crippen LogP) is 5.16. The number of hydrogen-bond acceptors (Lipinski definition) is 6. The summed E-state index contributed by atoms with van der Waals surface area (Å²) in [5.74, 6) is 1.09. The van der Waals surface area contributed by atoms with Crippen LogP contribution in [0.5, 0.6) is 5.75 Å². The number of aryl methyl sites for hydroxylation is 1. The summed E-state index contributed by atoms with van der Waals surface area (Å²) in [7, 11) is 5.48. The number of ether oxygens (including phenoxy) is 1. The summed E-state index contributed by atoms with van der Waals surface area (Å²) < 4.78 is 7.63. The maximum atomic E-state index is 13.8. The fraction of sp³-hybridized carbons (Fsp3) is 0.364. The molecule has 1 amide bonds. The lowest BCUT2D eigenvalue weighted by Gasteiger charge is -2.32. The van der Waals surface area contributed by atoms with Crippen LogP contribution in [-0.2, 0) is 6.54 Å². The van der Waals surface area contributed by atoms with Crippen LogP contribution in [0.25, 0.3) is 22.3 Å². The first-order valence-electron chi connectivity index (χ1n) is 14.5. The number of carbonyl (C=O) groups excluding carboxylic acids is 1. The van der Waals surface area contributed by atoms with Crippen LogP contribution >= 0.6 is 0 Å². The number of pyridine rings is 3. The van der Waals surface area contributed by atoms with Gasteiger partial charge >= 0.3 is 0 Å². The molecule has 5 rings (SSSR count). The van der Waals surface area contributed by atoms with Crippen molar-refractivity contribution in [1.82, 2.24) is 24.6 Å². The number of allylic oxidation sites excluding steroid dienone is 1. The van der Waals surface area contributed by atoms with E-state index in [-0.39, 0.29) is 18.0 Å². The van der Waals surface area contributed by atoms with Crippen molar-refractivity contribution >= 4 is 22.9 Å². The highest BCUT2D eigenvalue weighted by Crippen LogP contribution is 2.33. The van der Waals surface area contributed by atoms with E-state index in [4.69, 9.17) is 4.74 Å². The van der Waals surface area contributed by atoms with E-state index in [1.165, 1.54) is 13.5 Å². The number of hydrogen-bond donors (Lipinski definition) is 2. The number of nitrogens with one attached hydrogen (secondary N) is 2. The number of H-pyrrole nitrogens is 1. The van der Waals surface area contributed by atoms with E-state index in [0.29, 0.717) is 22.6 Å². The maximum absolute atomic E-state index is 13.8. The number of aromatic amines is 1. The second-order valence-electron chi connectivity index (χ2n) is 11.1. The molecule has 0 unspecified atom stereocenters. The Kier molecular flexibility index (Phi) is 8.38. The molecule has 0 radical (unpaired) electrons. The summed E-state index contributed by atoms with van der Waals surface area (Å²) in [6.45, 7) is 7.89. The first-order chi connectivity index (χ1) is 20.2. The van der Waals surface area contributed by atoms with Gasteiger partial charge in [-0.15, -0.1) is 0 Å². The predicted molar refractivity (Wildman–Crippen MR) is 168 cm³/mol. The Morgan fingerprint density at radius 1 is 1.12 bits per heavy atom. The third kappa shape index (κ3) is 5.64. The number of likely N-dealkylation sites (tertiary alicyclic amines) is 1. The number of nitrogens with zero attached hydrogens (tertiary/aromatic N) is 4. The van der Waals surface area contributed by atoms with Crippen molar-refractivity contribution in [3.05, 3.63) is 87.2 Å². The lowest BCUT2D eigenvalue weighted by Crippen LogP contribution is -2.31. The Labute approximate surface area is 246 Å². The first-order valence-corrected chi connectivity index (χ1v) is 14.5. The van der Waals surface area contributed by atoms with Crippen LogP contribution in [0.2, 0.25) is 0 Å². The molecule has 0 atom stereocenters. The van der Waals surface area contributed by atoms with Crippen LogP contribution in [0.4, 0.5) is 5.82 Å². The minimum Gasteiger partial charge on any atom is -0.496 e. The molecule has 0 aliphatic carbocycles. The number of rotatable bonds is 8. The number of aromatic nitrogens is 3. The number of anilines is 1. The summed E-state index contributed by atoms with van der Waals surface area (Å²) >= 11 is 0. The Hall–Kier alpha value is -4.53. The number of methoxy groups -OCH3 is 1. The molecule has 4 aromatic rings. The van der Waals surface area contributed by atoms with Gasteiger partial charge in [0.25, 0.3) is 11.5 Å². The van der Waals surface area contributed by atoms with E-state index in [0.717, 1.165) is 65.3 Å². The van der Waals surface area contributed by atoms with E-state index in [2.05, 4.69) is 55.9 Å². The minimum atomic E-state index is -0.271. The molecule has 0 bridgehead atoms. The summed E-state index contributed by atoms with van der Waals surface area (Å²) in [5.41, 5.74) is 7.41. The standard InChI is InChI=1S/C33H40N6O3/c1-7-28(38-13-9-8-10-14-38)31-22(3)26(32(40)35-19-27-29(42-6)15-21(2)36-33(27)41)18-25-16-24(20-39(25)31)23-11-12-34-30(17-23)37(4)5/h7,11-12,15-18,20H,8-10,13-14,19H2,1-6H3,(H,35,40)(H,36,41)/b28-7-. The van der Waals surface area contributed by atoms with Crippen LogP contribution in [0.1, 0.15) is 59.1 Å². The summed E-state index contributed by atoms with van der Waals surface area (Å²) in [6, 6.07) is 9.90. The lowest BCUT2D eigenvalue weighted by molar-refractivity contribution is 0.0950. The molecule has 2 N–H and O–H groups in total. The van der Waals surface area contributed by atoms with Gasteiger partial charge in [-0.25, -0.2) is 4.98 Å². The average molecular weight is 569 g/mol. The first kappa shape index (κ1) is 29.0. The maximum Gasteiger partial charge on any atom is 0.256 e. The second-order valence-corrected chi connectivity index (χ2v) is 11.1. The van der Waals surface area contributed by atoms with Gasteiger partial charge in [0.2, 0.25) is 0 Å². The van der Waals surface area contributed by atoms with E-state index in [9.17, 15) is 9.59 Å². The highest BCUT2D eigenvalue weighted by Gasteiger charge is 2.24. The van der Waals surface area contributed by atoms with Crippen LogP contribution in [0, 0.1) is 13.8 Å². The van der Waals surface area contributed by atoms with Crippen molar-refractivity contribution < 1.29 is 9.53 Å². The van der Waals surface area contributed by atoms with Crippen LogP contribution in [0.15, 0.2) is 53.6 Å². The SMILES string of the molecule is C/C=C(/c1c(C)c(C(=O)NCc2c(OC)cc(C)[nH]c2=O)cc2cc(-c3ccnc(N(C)C)c3)cn12)N1CCCCC1. The molecule has 0 aromatic carbocycles. The van der Waals surface area contributed by atoms with Crippen molar-refractivity contribution in [2.75, 3.05) is 39.2 Å². The van der Waals surface area contributed by atoms with Gasteiger partial charge in [-0.3, -0.25) is 9.59 Å². The molecular formula is C33H40N6O3. The molecule has 4 aromatic heterocycles. The topological polar surface area (TPSA) is 95.0 Å². The van der Waals surface area contributed by atoms with Gasteiger partial charge in [-0.05, 0) is 81.5 Å². The molecule has 0 spiro atoms. The molecular weight excluding hydrogens is 528 g/mol. The van der Waals surface area contributed by atoms with E-state index in [1.807, 2.05) is 44.2 Å². The van der Waals surface area contributed by atoms with Crippen molar-refractivity contribution in [3.8, 4) is 16.9 Å². The molecule has 5 heterocycles. The van der Waals surface area contributed by atoms with Crippen LogP contribution < -0.4 is 20.5 Å². The van der Waals surface area contributed by atoms with Crippen molar-refractivity contribution in [2.24, 2.45) is 0 Å². The van der Waals surface area contributed by atoms with Crippen LogP contribution in [0.3, 0.4) is 0 Å². The monoisotopic (exact) mass is 568 g/mol. The number of amides is 1. The fourth-order valence-corrected chi connectivity index (χ4v) is 5.80. The molecule has 42 heavy (non-hydrogen) atoms. The average Bonchev–Trinajstić information content (AvgIpc) is 3.42. The normalized spacial score (nSPS) is 13.9. The highest BCUT2D eigenvalue weighted by atomic mass is 16.5. The van der Waals surface area contributed by atoms with Crippen molar-refractivity contribution in [1.29, 1.82) is 0 Å². The number of piperidine rings is 1. The smallest absolute Gasteiger partial charge is 0.256 e. The van der Waals surface area contributed by atoms with Gasteiger partial charge < -0.3 is 29.2 Å². The Bertz CT molecular complexity index is 1710. The summed E-state index contributed by atoms with van der Waals surface area (Å²) in [4.78, 5) is 38.1. The lowest BCUT2D eigenvalue weighted by atomic mass is 10.0. The Morgan fingerprint density at radius 2 is 1.88 bits per heavy atom. The second kappa shape index (κ2) is 12.1. The zero-order valence-corrected chi connectivity index (χ0v) is 25.4. The molecule has 1 aliphatic rings. The van der Waals surface area contributed by atoms with Gasteiger partial charge in [0.05, 0.1) is 30.6 Å². The molecule has 9 nitrogen and oxygen atoms in total. The van der Waals surface area contributed by atoms with Crippen LogP contribution in [-0.4, -0.2) is 59.5 Å². The molecule has 1 fully saturated rings. The third-order valence-electron chi connectivity index (χ3n) is 8.01. The molecule has 220 valence electrons.